The van der Waals surface area contributed by atoms with Gasteiger partial charge in [0.1, 0.15) is 0 Å². The first-order chi connectivity index (χ1) is 18.5. The molecule has 1 saturated heterocycles. The zero-order chi connectivity index (χ0) is 26.5. The molecule has 38 heavy (non-hydrogen) atoms. The average molecular weight is 507 g/mol. The van der Waals surface area contributed by atoms with Crippen molar-refractivity contribution >= 4 is 16.8 Å². The van der Waals surface area contributed by atoms with Gasteiger partial charge >= 0.3 is 0 Å². The first-order valence-corrected chi connectivity index (χ1v) is 13.8. The molecule has 5 rings (SSSR count). The van der Waals surface area contributed by atoms with E-state index in [1.54, 1.807) is 0 Å². The number of piperidine rings is 1. The van der Waals surface area contributed by atoms with E-state index in [1.165, 1.54) is 0 Å². The molecule has 4 aromatic rings. The lowest BCUT2D eigenvalue weighted by molar-refractivity contribution is 0.0933. The van der Waals surface area contributed by atoms with E-state index in [-0.39, 0.29) is 11.9 Å². The molecule has 0 radical (unpaired) electrons. The van der Waals surface area contributed by atoms with Crippen LogP contribution >= 0.6 is 0 Å². The van der Waals surface area contributed by atoms with Gasteiger partial charge in [-0.2, -0.15) is 0 Å². The van der Waals surface area contributed by atoms with Gasteiger partial charge in [0.05, 0.1) is 22.8 Å². The maximum atomic E-state index is 14.2. The lowest BCUT2D eigenvalue weighted by atomic mass is 9.94. The van der Waals surface area contributed by atoms with E-state index in [9.17, 15) is 4.79 Å². The van der Waals surface area contributed by atoms with Crippen molar-refractivity contribution in [2.24, 2.45) is 0 Å². The fourth-order valence-electron chi connectivity index (χ4n) is 5.65. The fourth-order valence-corrected chi connectivity index (χ4v) is 5.65. The van der Waals surface area contributed by atoms with Gasteiger partial charge in [-0.25, -0.2) is 4.98 Å². The number of hydrogen-bond donors (Lipinski definition) is 1. The fraction of sp³-hybridized carbons (Fsp3) is 0.333. The Labute approximate surface area is 226 Å². The highest BCUT2D eigenvalue weighted by atomic mass is 16.1. The molecule has 1 amide bonds. The van der Waals surface area contributed by atoms with Crippen LogP contribution in [-0.4, -0.2) is 53.9 Å². The lowest BCUT2D eigenvalue weighted by Gasteiger charge is -2.35. The Bertz CT molecular complexity index is 1360. The minimum absolute atomic E-state index is 0.0386. The first kappa shape index (κ1) is 26.1. The van der Waals surface area contributed by atoms with E-state index in [4.69, 9.17) is 4.98 Å². The predicted octanol–water partition coefficient (Wildman–Crippen LogP) is 6.31. The van der Waals surface area contributed by atoms with Gasteiger partial charge in [-0.1, -0.05) is 85.8 Å². The number of amides is 1. The maximum absolute atomic E-state index is 14.2. The van der Waals surface area contributed by atoms with Crippen molar-refractivity contribution in [2.75, 3.05) is 27.2 Å². The lowest BCUT2D eigenvalue weighted by Crippen LogP contribution is -2.42. The number of likely N-dealkylation sites (tertiary alicyclic amines) is 1. The van der Waals surface area contributed by atoms with Crippen LogP contribution in [0, 0.1) is 0 Å². The number of carbonyl (C=O) groups is 1. The van der Waals surface area contributed by atoms with Gasteiger partial charge < -0.3 is 10.2 Å². The smallest absolute Gasteiger partial charge is 0.252 e. The number of fused-ring (bicyclic) bond motifs is 1. The number of benzene rings is 3. The SMILES string of the molecule is CC[C@H](NC(=O)c1c(CN(C)C2CCN(C)CC2)c(-c2ccccc2)nc2ccccc12)c1ccccc1. The highest BCUT2D eigenvalue weighted by Gasteiger charge is 2.27. The van der Waals surface area contributed by atoms with E-state index in [1.807, 2.05) is 60.7 Å². The van der Waals surface area contributed by atoms with Crippen molar-refractivity contribution in [3.8, 4) is 11.3 Å². The molecule has 196 valence electrons. The van der Waals surface area contributed by atoms with Crippen molar-refractivity contribution in [3.05, 3.63) is 102 Å². The van der Waals surface area contributed by atoms with Gasteiger partial charge in [0.25, 0.3) is 5.91 Å². The molecule has 1 N–H and O–H groups in total. The van der Waals surface area contributed by atoms with Gasteiger partial charge in [-0.3, -0.25) is 9.69 Å². The van der Waals surface area contributed by atoms with Crippen LogP contribution in [0.5, 0.6) is 0 Å². The van der Waals surface area contributed by atoms with Crippen molar-refractivity contribution in [1.82, 2.24) is 20.1 Å². The molecule has 1 aromatic heterocycles. The van der Waals surface area contributed by atoms with Crippen LogP contribution in [0.3, 0.4) is 0 Å². The number of pyridine rings is 1. The Morgan fingerprint density at radius 2 is 1.61 bits per heavy atom. The van der Waals surface area contributed by atoms with Gasteiger partial charge in [-0.05, 0) is 58.1 Å². The second-order valence-electron chi connectivity index (χ2n) is 10.5. The third-order valence-electron chi connectivity index (χ3n) is 7.90. The van der Waals surface area contributed by atoms with Crippen LogP contribution in [0.4, 0.5) is 0 Å². The average Bonchev–Trinajstić information content (AvgIpc) is 2.96. The summed E-state index contributed by atoms with van der Waals surface area (Å²) in [5, 5.41) is 4.28. The minimum Gasteiger partial charge on any atom is -0.345 e. The van der Waals surface area contributed by atoms with E-state index in [0.717, 1.165) is 71.2 Å². The topological polar surface area (TPSA) is 48.5 Å². The van der Waals surface area contributed by atoms with Gasteiger partial charge in [0, 0.05) is 29.1 Å². The van der Waals surface area contributed by atoms with Crippen LogP contribution in [0.2, 0.25) is 0 Å². The van der Waals surface area contributed by atoms with E-state index < -0.39 is 0 Å². The summed E-state index contributed by atoms with van der Waals surface area (Å²) >= 11 is 0. The van der Waals surface area contributed by atoms with Crippen molar-refractivity contribution in [2.45, 2.75) is 44.8 Å². The standard InChI is InChI=1S/C33H38N4O/c1-4-29(24-13-7-5-8-14-24)35-33(38)31-27-17-11-12-18-30(27)34-32(25-15-9-6-10-16-25)28(31)23-37(3)26-19-21-36(2)22-20-26/h5-18,26,29H,4,19-23H2,1-3H3,(H,35,38)/t29-/m0/s1. The van der Waals surface area contributed by atoms with E-state index in [2.05, 4.69) is 60.4 Å². The molecule has 0 saturated carbocycles. The molecule has 0 bridgehead atoms. The molecule has 2 heterocycles. The maximum Gasteiger partial charge on any atom is 0.252 e. The number of nitrogens with one attached hydrogen (secondary N) is 1. The van der Waals surface area contributed by atoms with Crippen LogP contribution in [0.15, 0.2) is 84.9 Å². The molecule has 3 aromatic carbocycles. The summed E-state index contributed by atoms with van der Waals surface area (Å²) in [5.74, 6) is -0.0386. The quantitative estimate of drug-likeness (QED) is 0.304. The Kier molecular flexibility index (Phi) is 8.16. The van der Waals surface area contributed by atoms with Crippen LogP contribution in [0.25, 0.3) is 22.2 Å². The first-order valence-electron chi connectivity index (χ1n) is 13.8. The second kappa shape index (κ2) is 11.9. The molecule has 0 aliphatic carbocycles. The zero-order valence-electron chi connectivity index (χ0n) is 22.7. The summed E-state index contributed by atoms with van der Waals surface area (Å²) in [6.45, 7) is 4.98. The Morgan fingerprint density at radius 3 is 2.29 bits per heavy atom. The van der Waals surface area contributed by atoms with Gasteiger partial charge in [0.2, 0.25) is 0 Å². The molecule has 5 heteroatoms. The summed E-state index contributed by atoms with van der Waals surface area (Å²) in [5.41, 5.74) is 5.63. The Morgan fingerprint density at radius 1 is 0.974 bits per heavy atom. The third-order valence-corrected chi connectivity index (χ3v) is 7.90. The number of carbonyl (C=O) groups excluding carboxylic acids is 1. The highest BCUT2D eigenvalue weighted by molar-refractivity contribution is 6.09. The van der Waals surface area contributed by atoms with Gasteiger partial charge in [-0.15, -0.1) is 0 Å². The molecule has 0 unspecified atom stereocenters. The summed E-state index contributed by atoms with van der Waals surface area (Å²) in [6, 6.07) is 29.0. The normalized spacial score (nSPS) is 15.6. The van der Waals surface area contributed by atoms with E-state index >= 15 is 0 Å². The predicted molar refractivity (Wildman–Crippen MR) is 156 cm³/mol. The summed E-state index contributed by atoms with van der Waals surface area (Å²) in [6.07, 6.45) is 3.07. The molecule has 1 fully saturated rings. The monoisotopic (exact) mass is 506 g/mol. The van der Waals surface area contributed by atoms with Crippen molar-refractivity contribution in [3.63, 3.8) is 0 Å². The zero-order valence-corrected chi connectivity index (χ0v) is 22.7. The number of nitrogens with zero attached hydrogens (tertiary/aromatic N) is 3. The Balaban J connectivity index is 1.61. The minimum atomic E-state index is -0.0599. The van der Waals surface area contributed by atoms with E-state index in [0.29, 0.717) is 12.6 Å². The van der Waals surface area contributed by atoms with Crippen LogP contribution in [0.1, 0.15) is 53.7 Å². The number of para-hydroxylation sites is 1. The van der Waals surface area contributed by atoms with Crippen molar-refractivity contribution < 1.29 is 4.79 Å². The highest BCUT2D eigenvalue weighted by Crippen LogP contribution is 2.33. The van der Waals surface area contributed by atoms with Crippen LogP contribution < -0.4 is 5.32 Å². The summed E-state index contributed by atoms with van der Waals surface area (Å²) in [7, 11) is 4.39. The number of hydrogen-bond acceptors (Lipinski definition) is 4. The molecule has 1 atom stereocenters. The Hall–Kier alpha value is -3.54. The third kappa shape index (κ3) is 5.64. The summed E-state index contributed by atoms with van der Waals surface area (Å²) < 4.78 is 0. The molecule has 1 aliphatic rings. The van der Waals surface area contributed by atoms with Crippen LogP contribution in [-0.2, 0) is 6.54 Å². The summed E-state index contributed by atoms with van der Waals surface area (Å²) in [4.78, 5) is 24.2. The molecule has 0 spiro atoms. The molecular formula is C33H38N4O. The molecule has 5 nitrogen and oxygen atoms in total. The molecule has 1 aliphatic heterocycles. The number of aromatic nitrogens is 1. The largest absolute Gasteiger partial charge is 0.345 e. The van der Waals surface area contributed by atoms with Crippen molar-refractivity contribution in [1.29, 1.82) is 0 Å². The second-order valence-corrected chi connectivity index (χ2v) is 10.5. The molecular weight excluding hydrogens is 468 g/mol. The number of rotatable bonds is 8. The van der Waals surface area contributed by atoms with Gasteiger partial charge in [0.15, 0.2) is 0 Å².